The number of hydrogen-bond donors (Lipinski definition) is 2. The topological polar surface area (TPSA) is 72.5 Å². The van der Waals surface area contributed by atoms with Gasteiger partial charge in [0, 0.05) is 18.5 Å². The molecule has 2 heterocycles. The number of rotatable bonds is 4. The second-order valence-electron chi connectivity index (χ2n) is 4.56. The van der Waals surface area contributed by atoms with Crippen LogP contribution in [0.3, 0.4) is 0 Å². The molecule has 0 unspecified atom stereocenters. The highest BCUT2D eigenvalue weighted by Gasteiger charge is 2.20. The highest BCUT2D eigenvalue weighted by Crippen LogP contribution is 2.18. The molecule has 5 nitrogen and oxygen atoms in total. The summed E-state index contributed by atoms with van der Waals surface area (Å²) in [4.78, 5) is 8.98. The minimum atomic E-state index is 0.501. The molecule has 0 amide bonds. The SMILES string of the molecule is CON=C(Cc1ccnc(N)c1)C1CCNCC1. The molecule has 2 rings (SSSR count). The Bertz CT molecular complexity index is 413. The molecule has 3 N–H and O–H groups in total. The number of piperidine rings is 1. The Kier molecular flexibility index (Phi) is 4.52. The molecule has 1 saturated heterocycles. The van der Waals surface area contributed by atoms with Gasteiger partial charge in [-0.25, -0.2) is 4.98 Å². The monoisotopic (exact) mass is 248 g/mol. The van der Waals surface area contributed by atoms with Gasteiger partial charge in [-0.1, -0.05) is 5.16 Å². The molecule has 0 radical (unpaired) electrons. The predicted octanol–water partition coefficient (Wildman–Crippen LogP) is 1.21. The minimum Gasteiger partial charge on any atom is -0.399 e. The van der Waals surface area contributed by atoms with Gasteiger partial charge in [0.2, 0.25) is 0 Å². The molecule has 1 aromatic rings. The first-order valence-corrected chi connectivity index (χ1v) is 6.30. The summed E-state index contributed by atoms with van der Waals surface area (Å²) in [6.07, 6.45) is 4.74. The zero-order valence-corrected chi connectivity index (χ0v) is 10.7. The second kappa shape index (κ2) is 6.35. The minimum absolute atomic E-state index is 0.501. The first-order valence-electron chi connectivity index (χ1n) is 6.30. The highest BCUT2D eigenvalue weighted by molar-refractivity contribution is 5.88. The predicted molar refractivity (Wildman–Crippen MR) is 72.4 cm³/mol. The van der Waals surface area contributed by atoms with Crippen LogP contribution in [0.25, 0.3) is 0 Å². The first kappa shape index (κ1) is 12.8. The lowest BCUT2D eigenvalue weighted by molar-refractivity contribution is 0.209. The van der Waals surface area contributed by atoms with Gasteiger partial charge in [-0.2, -0.15) is 0 Å². The second-order valence-corrected chi connectivity index (χ2v) is 4.56. The number of aromatic nitrogens is 1. The summed E-state index contributed by atoms with van der Waals surface area (Å²) >= 11 is 0. The van der Waals surface area contributed by atoms with E-state index in [1.54, 1.807) is 13.3 Å². The lowest BCUT2D eigenvalue weighted by Crippen LogP contribution is -2.32. The molecule has 1 aromatic heterocycles. The van der Waals surface area contributed by atoms with E-state index in [0.717, 1.165) is 43.6 Å². The molecule has 0 atom stereocenters. The third-order valence-electron chi connectivity index (χ3n) is 3.25. The molecular weight excluding hydrogens is 228 g/mol. The van der Waals surface area contributed by atoms with Gasteiger partial charge < -0.3 is 15.9 Å². The maximum atomic E-state index is 5.69. The molecule has 18 heavy (non-hydrogen) atoms. The normalized spacial score (nSPS) is 17.7. The van der Waals surface area contributed by atoms with Crippen LogP contribution in [0.15, 0.2) is 23.5 Å². The molecule has 0 spiro atoms. The Morgan fingerprint density at radius 2 is 2.33 bits per heavy atom. The molecule has 1 aliphatic heterocycles. The van der Waals surface area contributed by atoms with Crippen LogP contribution in [0.4, 0.5) is 5.82 Å². The molecule has 1 fully saturated rings. The van der Waals surface area contributed by atoms with E-state index in [-0.39, 0.29) is 0 Å². The highest BCUT2D eigenvalue weighted by atomic mass is 16.6. The number of pyridine rings is 1. The molecule has 5 heteroatoms. The van der Waals surface area contributed by atoms with Gasteiger partial charge in [0.25, 0.3) is 0 Å². The summed E-state index contributed by atoms with van der Waals surface area (Å²) in [5, 5.41) is 7.56. The molecule has 0 aromatic carbocycles. The van der Waals surface area contributed by atoms with Crippen LogP contribution in [-0.2, 0) is 11.3 Å². The first-order chi connectivity index (χ1) is 8.79. The molecule has 0 bridgehead atoms. The van der Waals surface area contributed by atoms with Gasteiger partial charge in [-0.3, -0.25) is 0 Å². The average Bonchev–Trinajstić information content (AvgIpc) is 2.39. The van der Waals surface area contributed by atoms with Crippen molar-refractivity contribution in [2.24, 2.45) is 11.1 Å². The van der Waals surface area contributed by atoms with Gasteiger partial charge in [0.1, 0.15) is 12.9 Å². The maximum Gasteiger partial charge on any atom is 0.123 e. The van der Waals surface area contributed by atoms with Gasteiger partial charge in [0.05, 0.1) is 5.71 Å². The number of oxime groups is 1. The fourth-order valence-corrected chi connectivity index (χ4v) is 2.34. The summed E-state index contributed by atoms with van der Waals surface area (Å²) in [6.45, 7) is 2.10. The zero-order valence-electron chi connectivity index (χ0n) is 10.7. The lowest BCUT2D eigenvalue weighted by atomic mass is 9.89. The van der Waals surface area contributed by atoms with Crippen molar-refractivity contribution in [1.82, 2.24) is 10.3 Å². The number of nitrogen functional groups attached to an aromatic ring is 1. The van der Waals surface area contributed by atoms with E-state index in [1.165, 1.54) is 0 Å². The zero-order chi connectivity index (χ0) is 12.8. The fourth-order valence-electron chi connectivity index (χ4n) is 2.34. The number of hydrogen-bond acceptors (Lipinski definition) is 5. The van der Waals surface area contributed by atoms with Crippen LogP contribution in [0.2, 0.25) is 0 Å². The Morgan fingerprint density at radius 1 is 1.56 bits per heavy atom. The van der Waals surface area contributed by atoms with Gasteiger partial charge in [-0.15, -0.1) is 0 Å². The van der Waals surface area contributed by atoms with E-state index >= 15 is 0 Å². The van der Waals surface area contributed by atoms with Crippen LogP contribution in [-0.4, -0.2) is 30.9 Å². The van der Waals surface area contributed by atoms with E-state index in [0.29, 0.717) is 11.7 Å². The Morgan fingerprint density at radius 3 is 3.00 bits per heavy atom. The summed E-state index contributed by atoms with van der Waals surface area (Å²) in [5.41, 5.74) is 7.93. The van der Waals surface area contributed by atoms with Crippen LogP contribution < -0.4 is 11.1 Å². The number of nitrogens with zero attached hydrogens (tertiary/aromatic N) is 2. The standard InChI is InChI=1S/C13H20N4O/c1-18-17-12(11-3-5-15-6-4-11)8-10-2-7-16-13(14)9-10/h2,7,9,11,15H,3-6,8H2,1H3,(H2,14,16). The summed E-state index contributed by atoms with van der Waals surface area (Å²) in [7, 11) is 1.60. The Balaban J connectivity index is 2.08. The van der Waals surface area contributed by atoms with Crippen LogP contribution in [0, 0.1) is 5.92 Å². The van der Waals surface area contributed by atoms with E-state index in [9.17, 15) is 0 Å². The van der Waals surface area contributed by atoms with E-state index in [4.69, 9.17) is 10.6 Å². The van der Waals surface area contributed by atoms with Crippen molar-refractivity contribution in [3.8, 4) is 0 Å². The number of anilines is 1. The summed E-state index contributed by atoms with van der Waals surface area (Å²) in [5.74, 6) is 1.05. The molecule has 1 aliphatic rings. The van der Waals surface area contributed by atoms with Gasteiger partial charge >= 0.3 is 0 Å². The van der Waals surface area contributed by atoms with Crippen LogP contribution >= 0.6 is 0 Å². The molecule has 98 valence electrons. The van der Waals surface area contributed by atoms with Crippen molar-refractivity contribution >= 4 is 11.5 Å². The maximum absolute atomic E-state index is 5.69. The van der Waals surface area contributed by atoms with E-state index in [2.05, 4.69) is 15.5 Å². The molecule has 0 saturated carbocycles. The van der Waals surface area contributed by atoms with Gasteiger partial charge in [-0.05, 0) is 43.6 Å². The smallest absolute Gasteiger partial charge is 0.123 e. The van der Waals surface area contributed by atoms with Crippen LogP contribution in [0.5, 0.6) is 0 Å². The van der Waals surface area contributed by atoms with Crippen molar-refractivity contribution in [3.05, 3.63) is 23.9 Å². The van der Waals surface area contributed by atoms with Crippen molar-refractivity contribution < 1.29 is 4.84 Å². The molecular formula is C13H20N4O. The summed E-state index contributed by atoms with van der Waals surface area (Å²) in [6, 6.07) is 3.87. The quantitative estimate of drug-likeness (QED) is 0.620. The average molecular weight is 248 g/mol. The summed E-state index contributed by atoms with van der Waals surface area (Å²) < 4.78 is 0. The van der Waals surface area contributed by atoms with Crippen LogP contribution in [0.1, 0.15) is 18.4 Å². The number of nitrogens with one attached hydrogen (secondary N) is 1. The van der Waals surface area contributed by atoms with Gasteiger partial charge in [0.15, 0.2) is 0 Å². The lowest BCUT2D eigenvalue weighted by Gasteiger charge is -2.23. The van der Waals surface area contributed by atoms with Crippen molar-refractivity contribution in [2.45, 2.75) is 19.3 Å². The largest absolute Gasteiger partial charge is 0.399 e. The molecule has 0 aliphatic carbocycles. The van der Waals surface area contributed by atoms with E-state index in [1.807, 2.05) is 12.1 Å². The Hall–Kier alpha value is -1.62. The van der Waals surface area contributed by atoms with E-state index < -0.39 is 0 Å². The third kappa shape index (κ3) is 3.43. The fraction of sp³-hybridized carbons (Fsp3) is 0.538. The van der Waals surface area contributed by atoms with Crippen molar-refractivity contribution in [1.29, 1.82) is 0 Å². The number of nitrogens with two attached hydrogens (primary N) is 1. The Labute approximate surface area is 107 Å². The van der Waals surface area contributed by atoms with Crippen molar-refractivity contribution in [2.75, 3.05) is 25.9 Å². The third-order valence-corrected chi connectivity index (χ3v) is 3.25. The van der Waals surface area contributed by atoms with Crippen molar-refractivity contribution in [3.63, 3.8) is 0 Å².